The summed E-state index contributed by atoms with van der Waals surface area (Å²) in [6, 6.07) is 12.4. The summed E-state index contributed by atoms with van der Waals surface area (Å²) in [7, 11) is -37.2. The maximum absolute atomic E-state index is 11.5. The molecule has 2 rings (SSSR count). The minimum absolute atomic E-state index is 0. The van der Waals surface area contributed by atoms with Gasteiger partial charge in [0.25, 0.3) is 30.4 Å². The SMILES string of the molecule is CCC(C)(C)C(=O)OCCCS(=O)(=O)O.CCC(C)(C)C(=O)OCCCS(=O)(=O)[O-].CCC(C)C(=O)NC(C)(C)CS(=O)(=O)O.CCC(C)C(=O)NC(C)(C)CS(=O)(=O)[O-].CCC(C)C(=O)NC(C)(C)CS(=O)(=O)[O-].CCC(C)CS(=O)(=O)[O-].CCC(C)S(=O)(=O)[O-].CCC(C)c1ccc(S(=O)(=O)O)cc1.CCC(C)c1ccc(S(=O)(=O)[O-])cc1.[K+].[K+].[Na+].[Na+].[Na+].[Na+]. The molecule has 0 saturated heterocycles. The topological polar surface area (TPSA) is 646 Å². The van der Waals surface area contributed by atoms with E-state index in [1.54, 1.807) is 100 Å². The largest absolute Gasteiger partial charge is 1.00 e. The van der Waals surface area contributed by atoms with E-state index in [9.17, 15) is 127 Å². The second-order valence-corrected chi connectivity index (χ2v) is 45.2. The second kappa shape index (κ2) is 73.4. The van der Waals surface area contributed by atoms with Crippen LogP contribution in [0.3, 0.4) is 0 Å². The number of carbonyl (C=O) groups is 5. The Morgan fingerprint density at radius 1 is 0.373 bits per heavy atom. The molecule has 0 aromatic heterocycles. The molecule has 0 saturated carbocycles. The second-order valence-electron chi connectivity index (χ2n) is 31.8. The van der Waals surface area contributed by atoms with E-state index in [2.05, 4.69) is 43.6 Å². The van der Waals surface area contributed by atoms with E-state index >= 15 is 0 Å². The maximum Gasteiger partial charge on any atom is 1.00 e. The van der Waals surface area contributed by atoms with Gasteiger partial charge in [0.15, 0.2) is 0 Å². The predicted molar refractivity (Wildman–Crippen MR) is 452 cm³/mol. The number of hydrogen-bond donors (Lipinski definition) is 6. The van der Waals surface area contributed by atoms with Crippen molar-refractivity contribution < 1.29 is 371 Å². The summed E-state index contributed by atoms with van der Waals surface area (Å²) in [5.41, 5.74) is -1.94. The van der Waals surface area contributed by atoms with Gasteiger partial charge in [-0.3, -0.25) is 37.6 Å². The van der Waals surface area contributed by atoms with Gasteiger partial charge in [0.05, 0.1) is 113 Å². The molecule has 2 aromatic rings. The molecular formula is C74H137K2N3Na4O34S9. The van der Waals surface area contributed by atoms with Crippen LogP contribution in [0.4, 0.5) is 0 Å². The van der Waals surface area contributed by atoms with Gasteiger partial charge in [-0.25, -0.2) is 50.5 Å². The number of esters is 2. The Labute approximate surface area is 929 Å². The van der Waals surface area contributed by atoms with Crippen molar-refractivity contribution in [3.63, 3.8) is 0 Å². The molecule has 0 aliphatic carbocycles. The molecule has 7 atom stereocenters. The molecule has 712 valence electrons. The summed E-state index contributed by atoms with van der Waals surface area (Å²) in [4.78, 5) is 57.0. The van der Waals surface area contributed by atoms with Gasteiger partial charge in [-0.05, 0) is 194 Å². The van der Waals surface area contributed by atoms with E-state index < -0.39 is 147 Å². The summed E-state index contributed by atoms with van der Waals surface area (Å²) >= 11 is 0. The number of benzene rings is 2. The molecule has 0 radical (unpaired) electrons. The van der Waals surface area contributed by atoms with Crippen molar-refractivity contribution in [3.8, 4) is 0 Å². The van der Waals surface area contributed by atoms with Crippen LogP contribution in [0.1, 0.15) is 274 Å². The Morgan fingerprint density at radius 3 is 0.833 bits per heavy atom. The standard InChI is InChI=1S/2C10H14O3S.3C9H19NO4S.2C9H18O5S.C5H12O3S.C4H10O3S.2K.4Na/c2*1-3-8(2)9-4-6-10(7-5-9)14(11,12)13;3*1-5-7(2)8(11)10-9(3,4)6-15(12,13)14;2*1-4-9(2,3)8(10)14-6-5-7-15(11,12)13;1-3-5(2)4-9(6,7)8;1-3-4(2)8(5,6)7;;;;;;/h2*4-8H,3H2,1-2H3,(H,11,12,13);3*7H,5-6H2,1-4H3,(H,10,11)(H,12,13,14);2*4-7H2,1-3H3,(H,11,12,13);5H,3-4H2,1-2H3,(H,6,7,8);4H,3H2,1-2H3,(H,5,6,7);;;;;;/q;;;;;;;;;6*+1/p-6. The smallest absolute Gasteiger partial charge is 0.748 e. The van der Waals surface area contributed by atoms with Gasteiger partial charge in [-0.2, -0.15) is 25.3 Å². The van der Waals surface area contributed by atoms with Gasteiger partial charge in [-0.1, -0.05) is 135 Å². The zero-order valence-electron chi connectivity index (χ0n) is 80.3. The van der Waals surface area contributed by atoms with E-state index in [0.717, 1.165) is 30.4 Å². The van der Waals surface area contributed by atoms with Crippen molar-refractivity contribution >= 4 is 121 Å². The first-order valence-electron chi connectivity index (χ1n) is 38.5. The fourth-order valence-electron chi connectivity index (χ4n) is 7.93. The molecule has 3 amide bonds. The minimum Gasteiger partial charge on any atom is -0.748 e. The van der Waals surface area contributed by atoms with Crippen LogP contribution in [0.25, 0.3) is 0 Å². The van der Waals surface area contributed by atoms with E-state index in [4.69, 9.17) is 23.1 Å². The minimum atomic E-state index is -4.32. The molecule has 0 aliphatic heterocycles. The molecule has 37 nitrogen and oxygen atoms in total. The zero-order chi connectivity index (χ0) is 96.9. The fraction of sp³-hybridized carbons (Fsp3) is 0.770. The Hall–Kier alpha value is 2.25. The normalized spacial score (nSPS) is 13.5. The number of rotatable bonds is 38. The van der Waals surface area contributed by atoms with Crippen molar-refractivity contribution in [2.24, 2.45) is 34.5 Å². The average Bonchev–Trinajstić information content (AvgIpc) is 0.865. The van der Waals surface area contributed by atoms with E-state index in [0.29, 0.717) is 50.4 Å². The summed E-state index contributed by atoms with van der Waals surface area (Å²) in [6.45, 7) is 45.7. The molecule has 2 aromatic carbocycles. The van der Waals surface area contributed by atoms with Gasteiger partial charge in [0.2, 0.25) is 17.7 Å². The van der Waals surface area contributed by atoms with E-state index in [1.807, 2.05) is 41.5 Å². The van der Waals surface area contributed by atoms with E-state index in [1.165, 1.54) is 58.9 Å². The fourth-order valence-corrected chi connectivity index (χ4v) is 14.1. The Morgan fingerprint density at radius 2 is 0.651 bits per heavy atom. The summed E-state index contributed by atoms with van der Waals surface area (Å²) < 4.78 is 285. The Balaban J connectivity index is -0.000000104. The summed E-state index contributed by atoms with van der Waals surface area (Å²) in [6.07, 6.45) is 6.63. The molecule has 0 spiro atoms. The molecule has 0 fully saturated rings. The Kier molecular flexibility index (Phi) is 91.1. The number of nitrogens with one attached hydrogen (secondary N) is 3. The predicted octanol–water partition coefficient (Wildman–Crippen LogP) is -8.61. The van der Waals surface area contributed by atoms with Crippen molar-refractivity contribution in [3.05, 3.63) is 59.7 Å². The monoisotopic (exact) mass is 2070 g/mol. The van der Waals surface area contributed by atoms with Gasteiger partial charge in [0.1, 0.15) is 10.1 Å². The van der Waals surface area contributed by atoms with Crippen LogP contribution < -0.4 is 237 Å². The average molecular weight is 2070 g/mol. The molecule has 0 bridgehead atoms. The van der Waals surface area contributed by atoms with Gasteiger partial charge < -0.3 is 52.7 Å². The quantitative estimate of drug-likeness (QED) is 0.0157. The molecular weight excluding hydrogens is 1930 g/mol. The van der Waals surface area contributed by atoms with Crippen LogP contribution >= 0.6 is 0 Å². The summed E-state index contributed by atoms with van der Waals surface area (Å²) in [5.74, 6) is -3.90. The molecule has 126 heavy (non-hydrogen) atoms. The van der Waals surface area contributed by atoms with Crippen LogP contribution in [0.15, 0.2) is 58.3 Å². The molecule has 0 heterocycles. The summed E-state index contributed by atoms with van der Waals surface area (Å²) in [5, 5.41) is 6.94. The van der Waals surface area contributed by atoms with Crippen LogP contribution in [0, 0.1) is 34.5 Å². The van der Waals surface area contributed by atoms with Crippen LogP contribution in [0.5, 0.6) is 0 Å². The van der Waals surface area contributed by atoms with Gasteiger partial charge >= 0.3 is 233 Å². The number of carbonyl (C=O) groups excluding carboxylic acids is 5. The first-order valence-corrected chi connectivity index (χ1v) is 52.3. The van der Waals surface area contributed by atoms with Crippen LogP contribution in [-0.2, 0) is 125 Å². The first kappa shape index (κ1) is 156. The van der Waals surface area contributed by atoms with Crippen LogP contribution in [-0.4, -0.2) is 216 Å². The molecule has 7 unspecified atom stereocenters. The van der Waals surface area contributed by atoms with Crippen molar-refractivity contribution in [1.82, 2.24) is 16.0 Å². The first-order chi connectivity index (χ1) is 53.4. The van der Waals surface area contributed by atoms with Crippen molar-refractivity contribution in [2.45, 2.75) is 294 Å². The number of amides is 3. The third-order valence-electron chi connectivity index (χ3n) is 17.6. The van der Waals surface area contributed by atoms with Crippen molar-refractivity contribution in [2.75, 3.05) is 47.7 Å². The third kappa shape index (κ3) is 92.6. The Bertz CT molecular complexity index is 4180. The molecule has 0 aliphatic rings. The number of ether oxygens (including phenoxy) is 2. The molecule has 52 heteroatoms. The third-order valence-corrected chi connectivity index (χ3v) is 26.4. The van der Waals surface area contributed by atoms with E-state index in [-0.39, 0.29) is 322 Å². The zero-order valence-corrected chi connectivity index (χ0v) is 102. The van der Waals surface area contributed by atoms with Crippen LogP contribution in [0.2, 0.25) is 0 Å². The molecule has 6 N–H and O–H groups in total. The maximum atomic E-state index is 11.5. The van der Waals surface area contributed by atoms with Gasteiger partial charge in [0, 0.05) is 45.6 Å². The van der Waals surface area contributed by atoms with Crippen molar-refractivity contribution in [1.29, 1.82) is 0 Å². The van der Waals surface area contributed by atoms with Gasteiger partial charge in [-0.15, -0.1) is 0 Å². The number of hydrogen-bond acceptors (Lipinski definition) is 31.